The van der Waals surface area contributed by atoms with E-state index < -0.39 is 0 Å². The van der Waals surface area contributed by atoms with Crippen molar-refractivity contribution in [2.45, 2.75) is 32.0 Å². The molecule has 0 aliphatic carbocycles. The van der Waals surface area contributed by atoms with Gasteiger partial charge in [0.1, 0.15) is 0 Å². The van der Waals surface area contributed by atoms with Crippen LogP contribution in [-0.2, 0) is 17.8 Å². The molecule has 158 valence electrons. The Morgan fingerprint density at radius 2 is 1.71 bits per heavy atom. The average molecular weight is 433 g/mol. The zero-order valence-electron chi connectivity index (χ0n) is 17.7. The van der Waals surface area contributed by atoms with E-state index in [0.29, 0.717) is 17.5 Å². The van der Waals surface area contributed by atoms with E-state index in [1.807, 2.05) is 85.8 Å². The van der Waals surface area contributed by atoms with Crippen molar-refractivity contribution in [2.75, 3.05) is 11.3 Å². The summed E-state index contributed by atoms with van der Waals surface area (Å²) in [5.41, 5.74) is 7.61. The lowest BCUT2D eigenvalue weighted by Gasteiger charge is -2.26. The minimum absolute atomic E-state index is 0.114. The molecule has 0 aliphatic heterocycles. The summed E-state index contributed by atoms with van der Waals surface area (Å²) in [4.78, 5) is 22.0. The van der Waals surface area contributed by atoms with Crippen LogP contribution in [0.1, 0.15) is 22.5 Å². The summed E-state index contributed by atoms with van der Waals surface area (Å²) in [5, 5.41) is 7.00. The van der Waals surface area contributed by atoms with E-state index in [0.717, 1.165) is 28.2 Å². The lowest BCUT2D eigenvalue weighted by molar-refractivity contribution is -0.120. The SMILES string of the molecule is CSc1nc2nc(C)c(CC(=O)NN(Cc3ccccc3)c3ccccc3)c(C)n2n1. The van der Waals surface area contributed by atoms with Gasteiger partial charge in [-0.15, -0.1) is 5.10 Å². The molecule has 31 heavy (non-hydrogen) atoms. The number of carbonyl (C=O) groups is 1. The highest BCUT2D eigenvalue weighted by molar-refractivity contribution is 7.98. The smallest absolute Gasteiger partial charge is 0.253 e. The average Bonchev–Trinajstić information content (AvgIpc) is 3.21. The number of amides is 1. The van der Waals surface area contributed by atoms with E-state index in [1.165, 1.54) is 11.8 Å². The second kappa shape index (κ2) is 9.18. The highest BCUT2D eigenvalue weighted by atomic mass is 32.2. The van der Waals surface area contributed by atoms with Crippen LogP contribution < -0.4 is 10.4 Å². The fourth-order valence-electron chi connectivity index (χ4n) is 3.45. The largest absolute Gasteiger partial charge is 0.281 e. The van der Waals surface area contributed by atoms with Crippen molar-refractivity contribution in [1.82, 2.24) is 25.0 Å². The van der Waals surface area contributed by atoms with Gasteiger partial charge in [0, 0.05) is 17.0 Å². The fourth-order valence-corrected chi connectivity index (χ4v) is 3.79. The number of carbonyl (C=O) groups excluding carboxylic acids is 1. The van der Waals surface area contributed by atoms with Crippen molar-refractivity contribution in [3.63, 3.8) is 0 Å². The van der Waals surface area contributed by atoms with E-state index in [4.69, 9.17) is 0 Å². The van der Waals surface area contributed by atoms with Crippen LogP contribution in [0.4, 0.5) is 5.69 Å². The van der Waals surface area contributed by atoms with Crippen molar-refractivity contribution in [1.29, 1.82) is 0 Å². The molecule has 7 nitrogen and oxygen atoms in total. The van der Waals surface area contributed by atoms with Gasteiger partial charge in [0.2, 0.25) is 11.1 Å². The molecule has 4 aromatic rings. The molecule has 0 atom stereocenters. The summed E-state index contributed by atoms with van der Waals surface area (Å²) in [7, 11) is 0. The van der Waals surface area contributed by atoms with E-state index >= 15 is 0 Å². The molecule has 0 fully saturated rings. The van der Waals surface area contributed by atoms with Crippen LogP contribution in [0.25, 0.3) is 5.78 Å². The summed E-state index contributed by atoms with van der Waals surface area (Å²) >= 11 is 1.47. The predicted molar refractivity (Wildman–Crippen MR) is 123 cm³/mol. The van der Waals surface area contributed by atoms with Crippen molar-refractivity contribution in [2.24, 2.45) is 0 Å². The molecule has 0 bridgehead atoms. The van der Waals surface area contributed by atoms with Crippen molar-refractivity contribution in [3.05, 3.63) is 83.2 Å². The molecule has 0 radical (unpaired) electrons. The van der Waals surface area contributed by atoms with Gasteiger partial charge in [0.15, 0.2) is 0 Å². The Balaban J connectivity index is 1.58. The van der Waals surface area contributed by atoms with Crippen LogP contribution in [0.3, 0.4) is 0 Å². The Kier molecular flexibility index (Phi) is 6.18. The minimum Gasteiger partial charge on any atom is -0.281 e. The quantitative estimate of drug-likeness (QED) is 0.354. The lowest BCUT2D eigenvalue weighted by Crippen LogP contribution is -2.43. The van der Waals surface area contributed by atoms with Crippen LogP contribution in [-0.4, -0.2) is 31.7 Å². The Hall–Kier alpha value is -3.39. The van der Waals surface area contributed by atoms with Gasteiger partial charge < -0.3 is 0 Å². The molecule has 2 aromatic heterocycles. The molecular formula is C23H24N6OS. The third-order valence-corrected chi connectivity index (χ3v) is 5.60. The standard InChI is InChI=1S/C23H24N6OS/c1-16-20(17(2)29-22(24-16)25-23(27-29)31-3)14-21(30)26-28(19-12-8-5-9-13-19)15-18-10-6-4-7-11-18/h4-13H,14-15H2,1-3H3,(H,26,30). The normalized spacial score (nSPS) is 10.9. The first-order chi connectivity index (χ1) is 15.0. The van der Waals surface area contributed by atoms with Gasteiger partial charge in [-0.3, -0.25) is 15.2 Å². The molecular weight excluding hydrogens is 408 g/mol. The highest BCUT2D eigenvalue weighted by Gasteiger charge is 2.18. The molecule has 1 amide bonds. The number of hydrazine groups is 1. The van der Waals surface area contributed by atoms with Gasteiger partial charge in [0.05, 0.1) is 18.7 Å². The topological polar surface area (TPSA) is 75.4 Å². The van der Waals surface area contributed by atoms with Gasteiger partial charge >= 0.3 is 0 Å². The number of fused-ring (bicyclic) bond motifs is 1. The number of aromatic nitrogens is 4. The molecule has 2 aromatic carbocycles. The summed E-state index contributed by atoms with van der Waals surface area (Å²) in [6.07, 6.45) is 2.13. The Morgan fingerprint density at radius 1 is 1.03 bits per heavy atom. The first-order valence-corrected chi connectivity index (χ1v) is 11.2. The number of hydrogen-bond donors (Lipinski definition) is 1. The van der Waals surface area contributed by atoms with Crippen LogP contribution in [0, 0.1) is 13.8 Å². The van der Waals surface area contributed by atoms with Gasteiger partial charge in [0.25, 0.3) is 5.78 Å². The van der Waals surface area contributed by atoms with E-state index in [1.54, 1.807) is 4.52 Å². The van der Waals surface area contributed by atoms with Gasteiger partial charge in [-0.05, 0) is 37.8 Å². The number of anilines is 1. The zero-order valence-corrected chi connectivity index (χ0v) is 18.6. The molecule has 4 rings (SSSR count). The maximum absolute atomic E-state index is 13.1. The Bertz CT molecular complexity index is 1190. The summed E-state index contributed by atoms with van der Waals surface area (Å²) < 4.78 is 1.71. The van der Waals surface area contributed by atoms with Crippen LogP contribution in [0.2, 0.25) is 0 Å². The van der Waals surface area contributed by atoms with E-state index in [2.05, 4.69) is 20.5 Å². The fraction of sp³-hybridized carbons (Fsp3) is 0.217. The predicted octanol–water partition coefficient (Wildman–Crippen LogP) is 3.74. The van der Waals surface area contributed by atoms with Crippen LogP contribution >= 0.6 is 11.8 Å². The third kappa shape index (κ3) is 4.69. The zero-order chi connectivity index (χ0) is 21.8. The number of thioether (sulfide) groups is 1. The van der Waals surface area contributed by atoms with E-state index in [-0.39, 0.29) is 12.3 Å². The highest BCUT2D eigenvalue weighted by Crippen LogP contribution is 2.18. The second-order valence-corrected chi connectivity index (χ2v) is 7.96. The molecule has 0 unspecified atom stereocenters. The number of nitrogens with one attached hydrogen (secondary N) is 1. The van der Waals surface area contributed by atoms with Crippen molar-refractivity contribution in [3.8, 4) is 0 Å². The first kappa shape index (κ1) is 20.9. The first-order valence-electron chi connectivity index (χ1n) is 9.98. The van der Waals surface area contributed by atoms with Gasteiger partial charge in [-0.2, -0.15) is 4.98 Å². The maximum atomic E-state index is 13.1. The maximum Gasteiger partial charge on any atom is 0.253 e. The number of nitrogens with zero attached hydrogens (tertiary/aromatic N) is 5. The van der Waals surface area contributed by atoms with Gasteiger partial charge in [-0.25, -0.2) is 9.50 Å². The number of aryl methyl sites for hydroxylation is 2. The molecule has 2 heterocycles. The number of rotatable bonds is 7. The molecule has 1 N–H and O–H groups in total. The number of benzene rings is 2. The number of hydrogen-bond acceptors (Lipinski definition) is 6. The van der Waals surface area contributed by atoms with Crippen LogP contribution in [0.5, 0.6) is 0 Å². The molecule has 0 saturated carbocycles. The summed E-state index contributed by atoms with van der Waals surface area (Å²) in [6, 6.07) is 19.9. The molecule has 8 heteroatoms. The Labute approximate surface area is 185 Å². The third-order valence-electron chi connectivity index (χ3n) is 5.06. The van der Waals surface area contributed by atoms with Crippen molar-refractivity contribution >= 4 is 29.1 Å². The van der Waals surface area contributed by atoms with Gasteiger partial charge in [-0.1, -0.05) is 60.3 Å². The molecule has 0 aliphatic rings. The lowest BCUT2D eigenvalue weighted by atomic mass is 10.1. The second-order valence-electron chi connectivity index (χ2n) is 7.19. The van der Waals surface area contributed by atoms with Crippen molar-refractivity contribution < 1.29 is 4.79 Å². The molecule has 0 saturated heterocycles. The summed E-state index contributed by atoms with van der Waals surface area (Å²) in [6.45, 7) is 4.41. The summed E-state index contributed by atoms with van der Waals surface area (Å²) in [5.74, 6) is 0.441. The number of para-hydroxylation sites is 1. The monoisotopic (exact) mass is 432 g/mol. The molecule has 0 spiro atoms. The van der Waals surface area contributed by atoms with Crippen LogP contribution in [0.15, 0.2) is 65.8 Å². The minimum atomic E-state index is -0.114. The Morgan fingerprint density at radius 3 is 2.39 bits per heavy atom. The van der Waals surface area contributed by atoms with E-state index in [9.17, 15) is 4.79 Å².